The van der Waals surface area contributed by atoms with Crippen LogP contribution < -0.4 is 10.1 Å². The van der Waals surface area contributed by atoms with Crippen LogP contribution in [-0.4, -0.2) is 46.3 Å². The lowest BCUT2D eigenvalue weighted by Gasteiger charge is -2.33. The quantitative estimate of drug-likeness (QED) is 0.434. The number of urea groups is 1. The molecule has 2 N–H and O–H groups in total. The molecule has 0 radical (unpaired) electrons. The molecule has 4 aromatic rings. The number of carbonyl (C=O) groups excluding carboxylic acids is 2. The number of benzene rings is 3. The second-order valence-electron chi connectivity index (χ2n) is 9.43. The highest BCUT2D eigenvalue weighted by Gasteiger charge is 2.54. The zero-order valence-electron chi connectivity index (χ0n) is 19.5. The van der Waals surface area contributed by atoms with Gasteiger partial charge < -0.3 is 19.7 Å². The van der Waals surface area contributed by atoms with E-state index in [-0.39, 0.29) is 19.0 Å². The van der Waals surface area contributed by atoms with Gasteiger partial charge in [-0.2, -0.15) is 0 Å². The van der Waals surface area contributed by atoms with E-state index in [0.717, 1.165) is 51.5 Å². The van der Waals surface area contributed by atoms with Crippen LogP contribution in [0.5, 0.6) is 5.75 Å². The first-order chi connectivity index (χ1) is 17.0. The standard InChI is InChI=1S/C28H27N3O4/c1-35-20-12-13-23-18(15-20)7-6-14-28(23)26(33)31(27(34)29-28)17-19(32)16-30-24-10-4-2-8-21(24)22-9-3-5-11-25(22)30/h2-5,8-13,15,19,32H,6-7,14,16-17H2,1H3,(H,29,34)/t19-,28-/m0/s1. The number of β-amino-alcohol motifs (C(OH)–C–C–N with tert-alkyl or cyclic N) is 1. The molecule has 2 heterocycles. The smallest absolute Gasteiger partial charge is 0.325 e. The van der Waals surface area contributed by atoms with Gasteiger partial charge in [0.15, 0.2) is 0 Å². The summed E-state index contributed by atoms with van der Waals surface area (Å²) < 4.78 is 7.41. The summed E-state index contributed by atoms with van der Waals surface area (Å²) in [7, 11) is 1.61. The SMILES string of the molecule is COc1ccc2c(c1)CCC[C@]21NC(=O)N(C[C@@H](O)Cn2c3ccccc3c3ccccc32)C1=O. The minimum Gasteiger partial charge on any atom is -0.497 e. The van der Waals surface area contributed by atoms with Gasteiger partial charge in [-0.05, 0) is 54.7 Å². The van der Waals surface area contributed by atoms with Gasteiger partial charge in [-0.25, -0.2) is 4.79 Å². The Bertz CT molecular complexity index is 1420. The fourth-order valence-electron chi connectivity index (χ4n) is 5.82. The molecule has 2 atom stereocenters. The van der Waals surface area contributed by atoms with E-state index in [0.29, 0.717) is 6.42 Å². The Morgan fingerprint density at radius 1 is 1.00 bits per heavy atom. The molecule has 0 saturated carbocycles. The number of fused-ring (bicyclic) bond motifs is 5. The van der Waals surface area contributed by atoms with Crippen molar-refractivity contribution in [2.24, 2.45) is 0 Å². The molecule has 3 amide bonds. The van der Waals surface area contributed by atoms with Crippen molar-refractivity contribution in [3.05, 3.63) is 77.9 Å². The van der Waals surface area contributed by atoms with Gasteiger partial charge in [0.2, 0.25) is 0 Å². The van der Waals surface area contributed by atoms with Crippen LogP contribution in [0.15, 0.2) is 66.7 Å². The number of rotatable bonds is 5. The lowest BCUT2D eigenvalue weighted by molar-refractivity contribution is -0.133. The van der Waals surface area contributed by atoms with Gasteiger partial charge in [-0.15, -0.1) is 0 Å². The molecule has 35 heavy (non-hydrogen) atoms. The van der Waals surface area contributed by atoms with Crippen LogP contribution in [0.1, 0.15) is 24.0 Å². The minimum atomic E-state index is -1.08. The number of nitrogens with one attached hydrogen (secondary N) is 1. The normalized spacial score (nSPS) is 20.5. The van der Waals surface area contributed by atoms with E-state index < -0.39 is 17.7 Å². The highest BCUT2D eigenvalue weighted by molar-refractivity contribution is 6.08. The van der Waals surface area contributed by atoms with E-state index >= 15 is 0 Å². The van der Waals surface area contributed by atoms with E-state index in [2.05, 4.69) is 22.0 Å². The van der Waals surface area contributed by atoms with Crippen molar-refractivity contribution >= 4 is 33.7 Å². The number of para-hydroxylation sites is 2. The van der Waals surface area contributed by atoms with Crippen molar-refractivity contribution in [3.8, 4) is 5.75 Å². The van der Waals surface area contributed by atoms with Gasteiger partial charge in [0.1, 0.15) is 11.3 Å². The minimum absolute atomic E-state index is 0.0707. The van der Waals surface area contributed by atoms with Gasteiger partial charge in [0.05, 0.1) is 26.3 Å². The van der Waals surface area contributed by atoms with Crippen molar-refractivity contribution < 1.29 is 19.4 Å². The predicted molar refractivity (Wildman–Crippen MR) is 133 cm³/mol. The van der Waals surface area contributed by atoms with Crippen molar-refractivity contribution in [2.45, 2.75) is 37.5 Å². The molecule has 1 fully saturated rings. The second kappa shape index (κ2) is 8.13. The maximum Gasteiger partial charge on any atom is 0.325 e. The van der Waals surface area contributed by atoms with E-state index in [9.17, 15) is 14.7 Å². The number of methoxy groups -OCH3 is 1. The number of nitrogens with zero attached hydrogens (tertiary/aromatic N) is 2. The number of hydrogen-bond acceptors (Lipinski definition) is 4. The molecule has 7 nitrogen and oxygen atoms in total. The summed E-state index contributed by atoms with van der Waals surface area (Å²) in [5.41, 5.74) is 2.77. The molecule has 1 aliphatic heterocycles. The number of aryl methyl sites for hydroxylation is 1. The van der Waals surface area contributed by atoms with Crippen LogP contribution in [0.3, 0.4) is 0 Å². The zero-order valence-corrected chi connectivity index (χ0v) is 19.5. The fourth-order valence-corrected chi connectivity index (χ4v) is 5.82. The molecule has 1 aliphatic carbocycles. The van der Waals surface area contributed by atoms with Crippen LogP contribution in [0.25, 0.3) is 21.8 Å². The molecule has 7 heteroatoms. The van der Waals surface area contributed by atoms with Gasteiger partial charge in [-0.1, -0.05) is 42.5 Å². The van der Waals surface area contributed by atoms with Crippen molar-refractivity contribution in [2.75, 3.05) is 13.7 Å². The highest BCUT2D eigenvalue weighted by atomic mass is 16.5. The summed E-state index contributed by atoms with van der Waals surface area (Å²) in [6, 6.07) is 21.3. The molecule has 1 saturated heterocycles. The average Bonchev–Trinajstić information content (AvgIpc) is 3.31. The number of hydrogen-bond donors (Lipinski definition) is 2. The zero-order chi connectivity index (χ0) is 24.2. The van der Waals surface area contributed by atoms with Gasteiger partial charge in [0.25, 0.3) is 5.91 Å². The third-order valence-electron chi connectivity index (χ3n) is 7.41. The number of imide groups is 1. The monoisotopic (exact) mass is 469 g/mol. The summed E-state index contributed by atoms with van der Waals surface area (Å²) in [6.07, 6.45) is 1.23. The lowest BCUT2D eigenvalue weighted by Crippen LogP contribution is -2.47. The van der Waals surface area contributed by atoms with E-state index in [1.54, 1.807) is 7.11 Å². The molecule has 3 aromatic carbocycles. The topological polar surface area (TPSA) is 83.8 Å². The van der Waals surface area contributed by atoms with Crippen LogP contribution in [0.2, 0.25) is 0 Å². The van der Waals surface area contributed by atoms with E-state index in [4.69, 9.17) is 4.74 Å². The third-order valence-corrected chi connectivity index (χ3v) is 7.41. The number of aromatic nitrogens is 1. The van der Waals surface area contributed by atoms with E-state index in [1.807, 2.05) is 54.6 Å². The molecular weight excluding hydrogens is 442 g/mol. The first-order valence-corrected chi connectivity index (χ1v) is 12.0. The molecular formula is C28H27N3O4. The lowest BCUT2D eigenvalue weighted by atomic mass is 9.76. The molecule has 1 aromatic heterocycles. The Balaban J connectivity index is 1.29. The molecule has 0 unspecified atom stereocenters. The van der Waals surface area contributed by atoms with Gasteiger partial charge in [0, 0.05) is 21.8 Å². The van der Waals surface area contributed by atoms with E-state index in [1.165, 1.54) is 4.90 Å². The Labute approximate surface area is 202 Å². The molecule has 2 aliphatic rings. The summed E-state index contributed by atoms with van der Waals surface area (Å²) in [5.74, 6) is 0.436. The molecule has 178 valence electrons. The summed E-state index contributed by atoms with van der Waals surface area (Å²) in [4.78, 5) is 27.8. The Morgan fingerprint density at radius 2 is 1.69 bits per heavy atom. The fraction of sp³-hybridized carbons (Fsp3) is 0.286. The molecule has 0 bridgehead atoms. The average molecular weight is 470 g/mol. The molecule has 6 rings (SSSR count). The summed E-state index contributed by atoms with van der Waals surface area (Å²) >= 11 is 0. The van der Waals surface area contributed by atoms with Crippen molar-refractivity contribution in [1.82, 2.24) is 14.8 Å². The largest absolute Gasteiger partial charge is 0.497 e. The number of carbonyl (C=O) groups is 2. The Morgan fingerprint density at radius 3 is 2.37 bits per heavy atom. The summed E-state index contributed by atoms with van der Waals surface area (Å²) in [5, 5.41) is 16.3. The number of amides is 3. The Kier molecular flexibility index (Phi) is 5.04. The summed E-state index contributed by atoms with van der Waals surface area (Å²) in [6.45, 7) is 0.199. The van der Waals surface area contributed by atoms with Crippen molar-refractivity contribution in [3.63, 3.8) is 0 Å². The second-order valence-corrected chi connectivity index (χ2v) is 9.43. The van der Waals surface area contributed by atoms with Gasteiger partial charge >= 0.3 is 6.03 Å². The third kappa shape index (κ3) is 3.30. The van der Waals surface area contributed by atoms with Crippen molar-refractivity contribution in [1.29, 1.82) is 0 Å². The number of aliphatic hydroxyl groups excluding tert-OH is 1. The number of ether oxygens (including phenoxy) is 1. The first-order valence-electron chi connectivity index (χ1n) is 12.0. The number of aliphatic hydroxyl groups is 1. The molecule has 1 spiro atoms. The van der Waals surface area contributed by atoms with Crippen LogP contribution in [0.4, 0.5) is 4.79 Å². The first kappa shape index (κ1) is 21.7. The Hall–Kier alpha value is -3.84. The maximum atomic E-state index is 13.7. The van der Waals surface area contributed by atoms with Crippen LogP contribution in [0, 0.1) is 0 Å². The van der Waals surface area contributed by atoms with Crippen LogP contribution >= 0.6 is 0 Å². The van der Waals surface area contributed by atoms with Gasteiger partial charge in [-0.3, -0.25) is 9.69 Å². The maximum absolute atomic E-state index is 13.7. The highest BCUT2D eigenvalue weighted by Crippen LogP contribution is 2.41. The predicted octanol–water partition coefficient (Wildman–Crippen LogP) is 3.95. The van der Waals surface area contributed by atoms with Crippen LogP contribution in [-0.2, 0) is 23.3 Å².